The van der Waals surface area contributed by atoms with Crippen molar-refractivity contribution in [2.24, 2.45) is 11.3 Å². The highest BCUT2D eigenvalue weighted by Crippen LogP contribution is 2.48. The second-order valence-corrected chi connectivity index (χ2v) is 6.01. The SMILES string of the molecule is COCCC1(CNC(=O)N2CCC(CO)CC2)CC1. The minimum absolute atomic E-state index is 0.0556. The zero-order chi connectivity index (χ0) is 13.7. The van der Waals surface area contributed by atoms with Gasteiger partial charge >= 0.3 is 6.03 Å². The lowest BCUT2D eigenvalue weighted by Gasteiger charge is -2.31. The first-order valence-corrected chi connectivity index (χ1v) is 7.32. The molecule has 110 valence electrons. The van der Waals surface area contributed by atoms with E-state index in [4.69, 9.17) is 9.84 Å². The van der Waals surface area contributed by atoms with Gasteiger partial charge in [-0.1, -0.05) is 0 Å². The van der Waals surface area contributed by atoms with E-state index in [1.165, 1.54) is 12.8 Å². The molecule has 2 N–H and O–H groups in total. The number of urea groups is 1. The molecule has 19 heavy (non-hydrogen) atoms. The normalized spacial score (nSPS) is 22.3. The van der Waals surface area contributed by atoms with Crippen molar-refractivity contribution in [2.75, 3.05) is 40.0 Å². The summed E-state index contributed by atoms with van der Waals surface area (Å²) in [6.45, 7) is 3.33. The van der Waals surface area contributed by atoms with Crippen LogP contribution in [0.25, 0.3) is 0 Å². The number of ether oxygens (including phenoxy) is 1. The van der Waals surface area contributed by atoms with Crippen LogP contribution in [0.4, 0.5) is 4.79 Å². The second-order valence-electron chi connectivity index (χ2n) is 6.01. The number of rotatable bonds is 6. The molecule has 5 heteroatoms. The summed E-state index contributed by atoms with van der Waals surface area (Å²) in [5.41, 5.74) is 0.301. The summed E-state index contributed by atoms with van der Waals surface area (Å²) in [7, 11) is 1.72. The number of nitrogens with one attached hydrogen (secondary N) is 1. The predicted octanol–water partition coefficient (Wildman–Crippen LogP) is 1.22. The maximum atomic E-state index is 12.1. The highest BCUT2D eigenvalue weighted by molar-refractivity contribution is 5.74. The van der Waals surface area contributed by atoms with Crippen LogP contribution >= 0.6 is 0 Å². The Bertz CT molecular complexity index is 297. The number of hydrogen-bond acceptors (Lipinski definition) is 3. The number of carbonyl (C=O) groups is 1. The summed E-state index contributed by atoms with van der Waals surface area (Å²) in [5, 5.41) is 12.2. The van der Waals surface area contributed by atoms with Gasteiger partial charge in [0.2, 0.25) is 0 Å². The lowest BCUT2D eigenvalue weighted by molar-refractivity contribution is 0.134. The number of aliphatic hydroxyl groups excluding tert-OH is 1. The Morgan fingerprint density at radius 3 is 2.63 bits per heavy atom. The van der Waals surface area contributed by atoms with Gasteiger partial charge in [0.15, 0.2) is 0 Å². The van der Waals surface area contributed by atoms with E-state index < -0.39 is 0 Å². The Labute approximate surface area is 115 Å². The first-order valence-electron chi connectivity index (χ1n) is 7.32. The van der Waals surface area contributed by atoms with Gasteiger partial charge in [-0.3, -0.25) is 0 Å². The van der Waals surface area contributed by atoms with Crippen molar-refractivity contribution in [3.63, 3.8) is 0 Å². The van der Waals surface area contributed by atoms with Crippen molar-refractivity contribution in [3.05, 3.63) is 0 Å². The van der Waals surface area contributed by atoms with Crippen LogP contribution in [0, 0.1) is 11.3 Å². The van der Waals surface area contributed by atoms with Crippen molar-refractivity contribution in [2.45, 2.75) is 32.1 Å². The number of hydrogen-bond donors (Lipinski definition) is 2. The summed E-state index contributed by atoms with van der Waals surface area (Å²) in [5.74, 6) is 0.375. The fourth-order valence-electron chi connectivity index (χ4n) is 2.70. The Balaban J connectivity index is 1.67. The summed E-state index contributed by atoms with van der Waals surface area (Å²) < 4.78 is 5.12. The van der Waals surface area contributed by atoms with Crippen molar-refractivity contribution in [1.29, 1.82) is 0 Å². The highest BCUT2D eigenvalue weighted by Gasteiger charge is 2.42. The van der Waals surface area contributed by atoms with E-state index in [2.05, 4.69) is 5.32 Å². The third kappa shape index (κ3) is 4.08. The van der Waals surface area contributed by atoms with Gasteiger partial charge in [-0.25, -0.2) is 4.79 Å². The van der Waals surface area contributed by atoms with Crippen LogP contribution in [-0.4, -0.2) is 56.0 Å². The molecule has 0 aromatic heterocycles. The maximum Gasteiger partial charge on any atom is 0.317 e. The van der Waals surface area contributed by atoms with Crippen molar-refractivity contribution >= 4 is 6.03 Å². The Kier molecular flexibility index (Phi) is 5.05. The third-order valence-corrected chi connectivity index (χ3v) is 4.57. The number of amides is 2. The molecule has 1 saturated heterocycles. The average molecular weight is 270 g/mol. The van der Waals surface area contributed by atoms with Gasteiger partial charge in [0, 0.05) is 40.0 Å². The second kappa shape index (κ2) is 6.57. The smallest absolute Gasteiger partial charge is 0.317 e. The summed E-state index contributed by atoms with van der Waals surface area (Å²) in [6.07, 6.45) is 5.26. The number of carbonyl (C=O) groups excluding carboxylic acids is 1. The molecule has 1 aliphatic carbocycles. The first kappa shape index (κ1) is 14.6. The molecule has 5 nitrogen and oxygen atoms in total. The molecule has 0 aromatic carbocycles. The molecule has 2 amide bonds. The molecule has 2 rings (SSSR count). The summed E-state index contributed by atoms with van der Waals surface area (Å²) in [6, 6.07) is 0.0556. The molecule has 1 heterocycles. The molecule has 0 radical (unpaired) electrons. The molecule has 2 aliphatic rings. The van der Waals surface area contributed by atoms with E-state index >= 15 is 0 Å². The number of likely N-dealkylation sites (tertiary alicyclic amines) is 1. The standard InChI is InChI=1S/C14H26N2O3/c1-19-9-6-14(4-5-14)11-15-13(18)16-7-2-12(10-17)3-8-16/h12,17H,2-11H2,1H3,(H,15,18). The predicted molar refractivity (Wildman–Crippen MR) is 72.9 cm³/mol. The van der Waals surface area contributed by atoms with E-state index in [0.717, 1.165) is 45.5 Å². The zero-order valence-electron chi connectivity index (χ0n) is 11.9. The summed E-state index contributed by atoms with van der Waals surface area (Å²) in [4.78, 5) is 13.9. The van der Waals surface area contributed by atoms with E-state index in [0.29, 0.717) is 11.3 Å². The van der Waals surface area contributed by atoms with Crippen molar-refractivity contribution < 1.29 is 14.6 Å². The van der Waals surface area contributed by atoms with Gasteiger partial charge in [-0.15, -0.1) is 0 Å². The van der Waals surface area contributed by atoms with Crippen LogP contribution in [0.3, 0.4) is 0 Å². The molecular formula is C14H26N2O3. The quantitative estimate of drug-likeness (QED) is 0.763. The number of methoxy groups -OCH3 is 1. The number of nitrogens with zero attached hydrogens (tertiary/aromatic N) is 1. The molecule has 0 aromatic rings. The topological polar surface area (TPSA) is 61.8 Å². The van der Waals surface area contributed by atoms with E-state index in [-0.39, 0.29) is 12.6 Å². The molecule has 0 spiro atoms. The minimum Gasteiger partial charge on any atom is -0.396 e. The van der Waals surface area contributed by atoms with E-state index in [1.54, 1.807) is 7.11 Å². The lowest BCUT2D eigenvalue weighted by atomic mass is 9.98. The van der Waals surface area contributed by atoms with Crippen LogP contribution < -0.4 is 5.32 Å². The fourth-order valence-corrected chi connectivity index (χ4v) is 2.70. The molecular weight excluding hydrogens is 244 g/mol. The van der Waals surface area contributed by atoms with Gasteiger partial charge < -0.3 is 20.1 Å². The van der Waals surface area contributed by atoms with Gasteiger partial charge in [0.05, 0.1) is 0 Å². The zero-order valence-corrected chi connectivity index (χ0v) is 11.9. The van der Waals surface area contributed by atoms with Gasteiger partial charge in [0.1, 0.15) is 0 Å². The summed E-state index contributed by atoms with van der Waals surface area (Å²) >= 11 is 0. The fraction of sp³-hybridized carbons (Fsp3) is 0.929. The van der Waals surface area contributed by atoms with E-state index in [9.17, 15) is 4.79 Å². The Morgan fingerprint density at radius 2 is 2.11 bits per heavy atom. The van der Waals surface area contributed by atoms with Crippen LogP contribution in [0.15, 0.2) is 0 Å². The van der Waals surface area contributed by atoms with Crippen molar-refractivity contribution in [1.82, 2.24) is 10.2 Å². The van der Waals surface area contributed by atoms with Crippen LogP contribution in [0.1, 0.15) is 32.1 Å². The largest absolute Gasteiger partial charge is 0.396 e. The van der Waals surface area contributed by atoms with Crippen LogP contribution in [-0.2, 0) is 4.74 Å². The number of piperidine rings is 1. The van der Waals surface area contributed by atoms with Gasteiger partial charge in [-0.05, 0) is 43.4 Å². The molecule has 2 fully saturated rings. The molecule has 1 aliphatic heterocycles. The van der Waals surface area contributed by atoms with Crippen molar-refractivity contribution in [3.8, 4) is 0 Å². The van der Waals surface area contributed by atoms with E-state index in [1.807, 2.05) is 4.90 Å². The average Bonchev–Trinajstić information content (AvgIpc) is 3.23. The first-order chi connectivity index (χ1) is 9.19. The van der Waals surface area contributed by atoms with Crippen LogP contribution in [0.2, 0.25) is 0 Å². The monoisotopic (exact) mass is 270 g/mol. The van der Waals surface area contributed by atoms with Crippen LogP contribution in [0.5, 0.6) is 0 Å². The van der Waals surface area contributed by atoms with Gasteiger partial charge in [0.25, 0.3) is 0 Å². The maximum absolute atomic E-state index is 12.1. The number of aliphatic hydroxyl groups is 1. The highest BCUT2D eigenvalue weighted by atomic mass is 16.5. The molecule has 0 atom stereocenters. The lowest BCUT2D eigenvalue weighted by Crippen LogP contribution is -2.46. The minimum atomic E-state index is 0.0556. The Morgan fingerprint density at radius 1 is 1.42 bits per heavy atom. The molecule has 1 saturated carbocycles. The molecule has 0 unspecified atom stereocenters. The van der Waals surface area contributed by atoms with Gasteiger partial charge in [-0.2, -0.15) is 0 Å². The third-order valence-electron chi connectivity index (χ3n) is 4.57. The molecule has 0 bridgehead atoms. The Hall–Kier alpha value is -0.810.